The van der Waals surface area contributed by atoms with Gasteiger partial charge in [-0.2, -0.15) is 0 Å². The van der Waals surface area contributed by atoms with Crippen molar-refractivity contribution in [2.75, 3.05) is 4.90 Å². The molecule has 0 bridgehead atoms. The van der Waals surface area contributed by atoms with Crippen LogP contribution in [0.2, 0.25) is 0 Å². The molecular weight excluding hydrogens is 641 g/mol. The van der Waals surface area contributed by atoms with Gasteiger partial charge in [0.2, 0.25) is 0 Å². The highest BCUT2D eigenvalue weighted by molar-refractivity contribution is 6.99. The zero-order valence-corrected chi connectivity index (χ0v) is 31.1. The van der Waals surface area contributed by atoms with E-state index >= 15 is 0 Å². The fourth-order valence-electron chi connectivity index (χ4n) is 8.23. The average molecular weight is 686 g/mol. The molecule has 0 N–H and O–H groups in total. The van der Waals surface area contributed by atoms with Crippen LogP contribution in [-0.2, 0) is 11.8 Å². The molecule has 0 aliphatic carbocycles. The van der Waals surface area contributed by atoms with Crippen molar-refractivity contribution in [3.8, 4) is 44.9 Å². The molecule has 0 atom stereocenters. The Labute approximate surface area is 314 Å². The Bertz CT molecular complexity index is 2450. The molecule has 0 amide bonds. The maximum Gasteiger partial charge on any atom is 0.256 e. The second kappa shape index (κ2) is 13.3. The Balaban J connectivity index is 1.35. The second-order valence-electron chi connectivity index (χ2n) is 15.6. The van der Waals surface area contributed by atoms with Crippen molar-refractivity contribution in [1.82, 2.24) is 0 Å². The first-order valence-corrected chi connectivity index (χ1v) is 19.1. The molecule has 7 aromatic carbocycles. The SMILES string of the molecule is CCCCc1ccc(-c2ccccc2)cc1N1c2ccc(-c3ccccc3)cc2B2c3cc(-c4ccccc4)ccc3Oc3cc(C(C)(C)C)cc1c32. The zero-order chi connectivity index (χ0) is 36.1. The van der Waals surface area contributed by atoms with Gasteiger partial charge in [0.1, 0.15) is 11.5 Å². The standard InChI is InChI=1S/C50H44BNO/c1-5-6-16-37-23-24-40(36-21-14-9-15-22-36)31-45(37)52-44-27-25-38(34-17-10-7-11-18-34)29-42(44)51-43-30-39(35-19-12-8-13-20-35)26-28-47(43)53-48-33-41(50(2,3)4)32-46(52)49(48)51/h7-15,17-33H,5-6,16H2,1-4H3. The third-order valence-electron chi connectivity index (χ3n) is 11.1. The van der Waals surface area contributed by atoms with Crippen LogP contribution in [-0.4, -0.2) is 6.71 Å². The van der Waals surface area contributed by atoms with Crippen LogP contribution in [0.5, 0.6) is 11.5 Å². The van der Waals surface area contributed by atoms with Crippen molar-refractivity contribution in [3.05, 3.63) is 169 Å². The van der Waals surface area contributed by atoms with Gasteiger partial charge in [-0.25, -0.2) is 0 Å². The maximum atomic E-state index is 7.03. The predicted molar refractivity (Wildman–Crippen MR) is 226 cm³/mol. The summed E-state index contributed by atoms with van der Waals surface area (Å²) in [5, 5.41) is 0. The Morgan fingerprint density at radius 2 is 1.08 bits per heavy atom. The summed E-state index contributed by atoms with van der Waals surface area (Å²) >= 11 is 0. The van der Waals surface area contributed by atoms with Crippen molar-refractivity contribution in [3.63, 3.8) is 0 Å². The van der Waals surface area contributed by atoms with E-state index in [9.17, 15) is 0 Å². The van der Waals surface area contributed by atoms with Crippen LogP contribution in [0.15, 0.2) is 158 Å². The van der Waals surface area contributed by atoms with E-state index in [-0.39, 0.29) is 12.1 Å². The van der Waals surface area contributed by atoms with Crippen molar-refractivity contribution in [2.24, 2.45) is 0 Å². The number of benzene rings is 7. The fraction of sp³-hybridized carbons (Fsp3) is 0.160. The topological polar surface area (TPSA) is 12.5 Å². The minimum Gasteiger partial charge on any atom is -0.458 e. The Kier molecular flexibility index (Phi) is 8.31. The summed E-state index contributed by atoms with van der Waals surface area (Å²) in [5.41, 5.74) is 17.2. The summed E-state index contributed by atoms with van der Waals surface area (Å²) in [5.74, 6) is 1.88. The van der Waals surface area contributed by atoms with E-state index in [0.717, 1.165) is 30.8 Å². The van der Waals surface area contributed by atoms with E-state index < -0.39 is 0 Å². The monoisotopic (exact) mass is 685 g/mol. The molecule has 2 aliphatic heterocycles. The van der Waals surface area contributed by atoms with Gasteiger partial charge in [-0.3, -0.25) is 0 Å². The van der Waals surface area contributed by atoms with Gasteiger partial charge < -0.3 is 9.64 Å². The molecule has 0 unspecified atom stereocenters. The number of nitrogens with zero attached hydrogens (tertiary/aromatic N) is 1. The molecule has 0 spiro atoms. The normalized spacial score (nSPS) is 12.8. The molecule has 0 aromatic heterocycles. The fourth-order valence-corrected chi connectivity index (χ4v) is 8.23. The van der Waals surface area contributed by atoms with Gasteiger partial charge in [-0.05, 0) is 109 Å². The molecule has 3 heteroatoms. The maximum absolute atomic E-state index is 7.03. The van der Waals surface area contributed by atoms with Crippen LogP contribution in [0.1, 0.15) is 51.7 Å². The minimum absolute atomic E-state index is 0.00672. The Hall–Kier alpha value is -5.80. The van der Waals surface area contributed by atoms with E-state index in [1.165, 1.54) is 78.0 Å². The second-order valence-corrected chi connectivity index (χ2v) is 15.6. The first kappa shape index (κ1) is 33.1. The first-order chi connectivity index (χ1) is 25.9. The summed E-state index contributed by atoms with van der Waals surface area (Å²) in [7, 11) is 0. The van der Waals surface area contributed by atoms with Crippen LogP contribution >= 0.6 is 0 Å². The van der Waals surface area contributed by atoms with Crippen molar-refractivity contribution >= 4 is 40.2 Å². The van der Waals surface area contributed by atoms with Crippen molar-refractivity contribution < 1.29 is 4.74 Å². The lowest BCUT2D eigenvalue weighted by Crippen LogP contribution is -2.59. The molecule has 258 valence electrons. The third-order valence-corrected chi connectivity index (χ3v) is 11.1. The number of unbranched alkanes of at least 4 members (excludes halogenated alkanes) is 1. The van der Waals surface area contributed by atoms with Gasteiger partial charge in [-0.1, -0.05) is 162 Å². The zero-order valence-electron chi connectivity index (χ0n) is 31.1. The highest BCUT2D eigenvalue weighted by Crippen LogP contribution is 2.46. The number of rotatable bonds is 7. The van der Waals surface area contributed by atoms with Crippen LogP contribution < -0.4 is 26.0 Å². The van der Waals surface area contributed by atoms with Crippen LogP contribution in [0.25, 0.3) is 33.4 Å². The summed E-state index contributed by atoms with van der Waals surface area (Å²) in [6.07, 6.45) is 3.29. The van der Waals surface area contributed by atoms with E-state index in [2.05, 4.69) is 190 Å². The highest BCUT2D eigenvalue weighted by Gasteiger charge is 2.43. The van der Waals surface area contributed by atoms with Crippen LogP contribution in [0, 0.1) is 0 Å². The van der Waals surface area contributed by atoms with Crippen molar-refractivity contribution in [2.45, 2.75) is 52.4 Å². The minimum atomic E-state index is -0.0815. The first-order valence-electron chi connectivity index (χ1n) is 19.1. The summed E-state index contributed by atoms with van der Waals surface area (Å²) in [4.78, 5) is 2.57. The Morgan fingerprint density at radius 3 is 1.68 bits per heavy atom. The molecule has 9 rings (SSSR count). The van der Waals surface area contributed by atoms with Gasteiger partial charge in [0, 0.05) is 17.1 Å². The summed E-state index contributed by atoms with van der Waals surface area (Å²) in [6, 6.07) is 58.1. The van der Waals surface area contributed by atoms with E-state index in [4.69, 9.17) is 4.74 Å². The molecule has 0 radical (unpaired) electrons. The largest absolute Gasteiger partial charge is 0.458 e. The number of hydrogen-bond acceptors (Lipinski definition) is 2. The molecule has 53 heavy (non-hydrogen) atoms. The van der Waals surface area contributed by atoms with Gasteiger partial charge in [-0.15, -0.1) is 0 Å². The summed E-state index contributed by atoms with van der Waals surface area (Å²) in [6.45, 7) is 9.19. The molecule has 7 aromatic rings. The van der Waals surface area contributed by atoms with Gasteiger partial charge in [0.25, 0.3) is 6.71 Å². The van der Waals surface area contributed by atoms with Gasteiger partial charge in [0.15, 0.2) is 0 Å². The number of aryl methyl sites for hydroxylation is 1. The van der Waals surface area contributed by atoms with Crippen LogP contribution in [0.3, 0.4) is 0 Å². The van der Waals surface area contributed by atoms with Gasteiger partial charge in [0.05, 0.1) is 0 Å². The number of anilines is 3. The number of fused-ring (bicyclic) bond motifs is 4. The van der Waals surface area contributed by atoms with Crippen LogP contribution in [0.4, 0.5) is 17.1 Å². The lowest BCUT2D eigenvalue weighted by Gasteiger charge is -2.42. The molecule has 0 fully saturated rings. The van der Waals surface area contributed by atoms with E-state index in [1.54, 1.807) is 0 Å². The predicted octanol–water partition coefficient (Wildman–Crippen LogP) is 11.7. The molecule has 2 nitrogen and oxygen atoms in total. The highest BCUT2D eigenvalue weighted by atomic mass is 16.5. The smallest absolute Gasteiger partial charge is 0.256 e. The molecular formula is C50H44BNO. The van der Waals surface area contributed by atoms with Crippen molar-refractivity contribution in [1.29, 1.82) is 0 Å². The van der Waals surface area contributed by atoms with E-state index in [1.807, 2.05) is 0 Å². The lowest BCUT2D eigenvalue weighted by atomic mass is 9.34. The third kappa shape index (κ3) is 5.95. The number of hydrogen-bond donors (Lipinski definition) is 0. The molecule has 0 saturated heterocycles. The lowest BCUT2D eigenvalue weighted by molar-refractivity contribution is 0.483. The summed E-state index contributed by atoms with van der Waals surface area (Å²) < 4.78 is 7.03. The van der Waals surface area contributed by atoms with E-state index in [0.29, 0.717) is 0 Å². The molecule has 0 saturated carbocycles. The van der Waals surface area contributed by atoms with Gasteiger partial charge >= 0.3 is 0 Å². The average Bonchev–Trinajstić information content (AvgIpc) is 3.20. The molecule has 2 heterocycles. The number of ether oxygens (including phenoxy) is 1. The molecule has 2 aliphatic rings. The quantitative estimate of drug-likeness (QED) is 0.155. The Morgan fingerprint density at radius 1 is 0.509 bits per heavy atom.